The largest absolute Gasteiger partial charge is 0.486 e. The molecule has 0 unspecified atom stereocenters. The number of nitro benzene ring substituents is 1. The van der Waals surface area contributed by atoms with Gasteiger partial charge >= 0.3 is 5.91 Å². The number of amides is 2. The van der Waals surface area contributed by atoms with Crippen molar-refractivity contribution in [2.24, 2.45) is 5.10 Å². The molecule has 2 N–H and O–H groups in total. The predicted octanol–water partition coefficient (Wildman–Crippen LogP) is 6.09. The van der Waals surface area contributed by atoms with Gasteiger partial charge in [0.05, 0.1) is 11.1 Å². The zero-order valence-electron chi connectivity index (χ0n) is 24.7. The number of nitrogens with zero attached hydrogens (tertiary/aromatic N) is 3. The minimum Gasteiger partial charge on any atom is -0.486 e. The van der Waals surface area contributed by atoms with Crippen molar-refractivity contribution in [2.45, 2.75) is 20.5 Å². The van der Waals surface area contributed by atoms with Gasteiger partial charge < -0.3 is 23.8 Å². The third kappa shape index (κ3) is 7.82. The highest BCUT2D eigenvalue weighted by molar-refractivity contribution is 5.93. The fourth-order valence-corrected chi connectivity index (χ4v) is 4.50. The third-order valence-corrected chi connectivity index (χ3v) is 6.67. The Morgan fingerprint density at radius 1 is 0.978 bits per heavy atom. The van der Waals surface area contributed by atoms with E-state index in [1.807, 2.05) is 38.1 Å². The Morgan fingerprint density at radius 3 is 2.46 bits per heavy atom. The van der Waals surface area contributed by atoms with Gasteiger partial charge in [-0.1, -0.05) is 6.07 Å². The van der Waals surface area contributed by atoms with Crippen LogP contribution in [-0.4, -0.2) is 34.1 Å². The number of aryl methyl sites for hydroxylation is 2. The number of rotatable bonds is 12. The van der Waals surface area contributed by atoms with Crippen molar-refractivity contribution in [2.75, 3.05) is 11.9 Å². The first-order chi connectivity index (χ1) is 22.2. The number of halogens is 1. The normalized spacial score (nSPS) is 10.9. The molecule has 0 fully saturated rings. The topological polar surface area (TPSA) is 150 Å². The number of hydrogen-bond donors (Lipinski definition) is 2. The molecule has 5 aromatic rings. The zero-order chi connectivity index (χ0) is 32.6. The lowest BCUT2D eigenvalue weighted by Gasteiger charge is -2.10. The van der Waals surface area contributed by atoms with E-state index in [-0.39, 0.29) is 35.1 Å². The van der Waals surface area contributed by atoms with Crippen LogP contribution < -0.4 is 20.2 Å². The number of hydrazone groups is 1. The van der Waals surface area contributed by atoms with Gasteiger partial charge in [0.2, 0.25) is 0 Å². The van der Waals surface area contributed by atoms with E-state index in [0.29, 0.717) is 11.5 Å². The van der Waals surface area contributed by atoms with E-state index in [9.17, 15) is 24.1 Å². The van der Waals surface area contributed by atoms with Crippen LogP contribution in [0.4, 0.5) is 15.8 Å². The highest BCUT2D eigenvalue weighted by atomic mass is 19.1. The second kappa shape index (κ2) is 14.0. The van der Waals surface area contributed by atoms with E-state index in [2.05, 4.69) is 32.5 Å². The van der Waals surface area contributed by atoms with Crippen molar-refractivity contribution in [3.63, 3.8) is 0 Å². The summed E-state index contributed by atoms with van der Waals surface area (Å²) in [7, 11) is 0. The van der Waals surface area contributed by atoms with Crippen molar-refractivity contribution >= 4 is 29.4 Å². The Hall–Kier alpha value is -6.24. The number of carbonyl (C=O) groups excluding carboxylic acids is 2. The summed E-state index contributed by atoms with van der Waals surface area (Å²) < 4.78 is 32.4. The van der Waals surface area contributed by atoms with Crippen molar-refractivity contribution in [3.05, 3.63) is 135 Å². The number of ether oxygens (including phenoxy) is 2. The van der Waals surface area contributed by atoms with Crippen LogP contribution in [0.3, 0.4) is 0 Å². The first-order valence-electron chi connectivity index (χ1n) is 13.9. The van der Waals surface area contributed by atoms with Crippen LogP contribution in [0.5, 0.6) is 11.5 Å². The molecule has 46 heavy (non-hydrogen) atoms. The number of non-ortho nitro benzene ring substituents is 1. The Morgan fingerprint density at radius 2 is 1.74 bits per heavy atom. The van der Waals surface area contributed by atoms with Gasteiger partial charge in [-0.25, -0.2) is 9.82 Å². The molecule has 2 heterocycles. The van der Waals surface area contributed by atoms with Crippen molar-refractivity contribution in [1.29, 1.82) is 0 Å². The predicted molar refractivity (Wildman–Crippen MR) is 167 cm³/mol. The molecule has 0 aliphatic heterocycles. The SMILES string of the molecule is Cc1ccc(C)n1-c1ccc(OCc2ccc(C(=O)N/N=C/c3cc([N+](=O)[O-])ccc3OCC(=O)Nc3cccc(F)c3)o2)cc1. The van der Waals surface area contributed by atoms with Crippen LogP contribution in [0.2, 0.25) is 0 Å². The summed E-state index contributed by atoms with van der Waals surface area (Å²) in [6.07, 6.45) is 1.14. The molecule has 2 aromatic heterocycles. The molecule has 0 spiro atoms. The molecule has 0 atom stereocenters. The van der Waals surface area contributed by atoms with E-state index in [0.717, 1.165) is 29.4 Å². The third-order valence-electron chi connectivity index (χ3n) is 6.67. The first kappa shape index (κ1) is 31.2. The number of furan rings is 1. The van der Waals surface area contributed by atoms with Crippen LogP contribution >= 0.6 is 0 Å². The zero-order valence-corrected chi connectivity index (χ0v) is 24.7. The van der Waals surface area contributed by atoms with Gasteiger partial charge in [0.25, 0.3) is 11.6 Å². The van der Waals surface area contributed by atoms with E-state index >= 15 is 0 Å². The molecule has 0 radical (unpaired) electrons. The quantitative estimate of drug-likeness (QED) is 0.0967. The molecule has 0 aliphatic rings. The molecule has 13 heteroatoms. The van der Waals surface area contributed by atoms with Gasteiger partial charge in [-0.05, 0) is 86.6 Å². The molecule has 0 aliphatic carbocycles. The molecule has 2 amide bonds. The Labute approximate surface area is 262 Å². The lowest BCUT2D eigenvalue weighted by atomic mass is 10.2. The number of benzene rings is 3. The number of aromatic nitrogens is 1. The van der Waals surface area contributed by atoms with Gasteiger partial charge in [0.1, 0.15) is 29.7 Å². The molecule has 0 saturated heterocycles. The molecule has 0 bridgehead atoms. The highest BCUT2D eigenvalue weighted by Gasteiger charge is 2.14. The van der Waals surface area contributed by atoms with Crippen LogP contribution in [-0.2, 0) is 11.4 Å². The number of hydrogen-bond acceptors (Lipinski definition) is 8. The lowest BCUT2D eigenvalue weighted by Crippen LogP contribution is -2.20. The molecule has 234 valence electrons. The van der Waals surface area contributed by atoms with Crippen LogP contribution in [0.15, 0.2) is 101 Å². The average molecular weight is 626 g/mol. The van der Waals surface area contributed by atoms with Crippen LogP contribution in [0, 0.1) is 29.8 Å². The summed E-state index contributed by atoms with van der Waals surface area (Å²) in [5, 5.41) is 17.6. The fourth-order valence-electron chi connectivity index (χ4n) is 4.50. The molecule has 0 saturated carbocycles. The standard InChI is InChI=1S/C33H28FN5O7/c1-21-6-7-22(2)38(21)26-8-11-28(12-9-26)44-19-29-13-15-31(46-29)33(41)37-35-18-23-16-27(39(42)43)10-14-30(23)45-20-32(40)36-25-5-3-4-24(34)17-25/h3-18H,19-20H2,1-2H3,(H,36,40)(H,37,41)/b35-18+. The summed E-state index contributed by atoms with van der Waals surface area (Å²) in [5.74, 6) is -0.700. The maximum absolute atomic E-state index is 13.4. The van der Waals surface area contributed by atoms with Crippen molar-refractivity contribution < 1.29 is 32.8 Å². The molecular weight excluding hydrogens is 597 g/mol. The Balaban J connectivity index is 1.16. The van der Waals surface area contributed by atoms with E-state index in [1.54, 1.807) is 6.07 Å². The van der Waals surface area contributed by atoms with Crippen molar-refractivity contribution in [1.82, 2.24) is 9.99 Å². The van der Waals surface area contributed by atoms with E-state index in [4.69, 9.17) is 13.9 Å². The molecule has 12 nitrogen and oxygen atoms in total. The highest BCUT2D eigenvalue weighted by Crippen LogP contribution is 2.24. The molecule has 5 rings (SSSR count). The second-order valence-electron chi connectivity index (χ2n) is 10.0. The lowest BCUT2D eigenvalue weighted by molar-refractivity contribution is -0.384. The maximum Gasteiger partial charge on any atom is 0.307 e. The van der Waals surface area contributed by atoms with Gasteiger partial charge in [-0.15, -0.1) is 0 Å². The van der Waals surface area contributed by atoms with Crippen molar-refractivity contribution in [3.8, 4) is 17.2 Å². The van der Waals surface area contributed by atoms with Gasteiger partial charge in [0.15, 0.2) is 12.4 Å². The summed E-state index contributed by atoms with van der Waals surface area (Å²) in [4.78, 5) is 35.6. The second-order valence-corrected chi connectivity index (χ2v) is 10.0. The molecule has 3 aromatic carbocycles. The first-order valence-corrected chi connectivity index (χ1v) is 13.9. The summed E-state index contributed by atoms with van der Waals surface area (Å²) >= 11 is 0. The number of carbonyl (C=O) groups is 2. The summed E-state index contributed by atoms with van der Waals surface area (Å²) in [5.41, 5.74) is 5.66. The average Bonchev–Trinajstić information content (AvgIpc) is 3.65. The number of anilines is 1. The Bertz CT molecular complexity index is 1890. The van der Waals surface area contributed by atoms with Gasteiger partial charge in [-0.3, -0.25) is 19.7 Å². The van der Waals surface area contributed by atoms with Gasteiger partial charge in [0, 0.05) is 40.5 Å². The summed E-state index contributed by atoms with van der Waals surface area (Å²) in [6.45, 7) is 3.68. The monoisotopic (exact) mass is 625 g/mol. The van der Waals surface area contributed by atoms with E-state index < -0.39 is 29.2 Å². The fraction of sp³-hybridized carbons (Fsp3) is 0.121. The number of nitro groups is 1. The minimum absolute atomic E-state index is 0.0332. The molecular formula is C33H28FN5O7. The van der Waals surface area contributed by atoms with Crippen LogP contribution in [0.1, 0.15) is 33.3 Å². The number of nitrogens with one attached hydrogen (secondary N) is 2. The maximum atomic E-state index is 13.4. The smallest absolute Gasteiger partial charge is 0.307 e. The van der Waals surface area contributed by atoms with E-state index in [1.165, 1.54) is 42.5 Å². The van der Waals surface area contributed by atoms with Gasteiger partial charge in [-0.2, -0.15) is 5.10 Å². The Kier molecular flexibility index (Phi) is 9.51. The minimum atomic E-state index is -0.674. The summed E-state index contributed by atoms with van der Waals surface area (Å²) in [6, 6.07) is 23.8. The van der Waals surface area contributed by atoms with Crippen LogP contribution in [0.25, 0.3) is 5.69 Å².